The van der Waals surface area contributed by atoms with Crippen LogP contribution in [0.5, 0.6) is 0 Å². The normalized spacial score (nSPS) is 13.6. The van der Waals surface area contributed by atoms with Crippen molar-refractivity contribution in [3.05, 3.63) is 65.6 Å². The zero-order valence-corrected chi connectivity index (χ0v) is 10.9. The van der Waals surface area contributed by atoms with Crippen molar-refractivity contribution in [1.82, 2.24) is 4.98 Å². The Hall–Kier alpha value is -2.42. The Morgan fingerprint density at radius 3 is 2.90 bits per heavy atom. The van der Waals surface area contributed by atoms with Gasteiger partial charge in [0, 0.05) is 30.1 Å². The molecule has 2 heterocycles. The third-order valence-electron chi connectivity index (χ3n) is 3.81. The van der Waals surface area contributed by atoms with E-state index in [1.165, 1.54) is 11.6 Å². The number of aromatic amines is 1. The molecule has 0 fully saturated rings. The SMILES string of the molecule is Fc1cccc2c(CC3=Nc4ccccc4C3)c[nH]c12. The maximum Gasteiger partial charge on any atom is 0.147 e. The summed E-state index contributed by atoms with van der Waals surface area (Å²) in [4.78, 5) is 7.69. The molecule has 2 nitrogen and oxygen atoms in total. The molecule has 0 radical (unpaired) electrons. The van der Waals surface area contributed by atoms with E-state index in [2.05, 4.69) is 16.0 Å². The molecule has 20 heavy (non-hydrogen) atoms. The molecule has 1 aliphatic heterocycles. The quantitative estimate of drug-likeness (QED) is 0.719. The van der Waals surface area contributed by atoms with E-state index in [4.69, 9.17) is 0 Å². The smallest absolute Gasteiger partial charge is 0.147 e. The van der Waals surface area contributed by atoms with Gasteiger partial charge in [-0.2, -0.15) is 0 Å². The van der Waals surface area contributed by atoms with Crippen molar-refractivity contribution in [1.29, 1.82) is 0 Å². The Morgan fingerprint density at radius 2 is 2.00 bits per heavy atom. The van der Waals surface area contributed by atoms with Crippen LogP contribution < -0.4 is 0 Å². The number of fused-ring (bicyclic) bond motifs is 2. The molecule has 0 saturated heterocycles. The molecule has 0 spiro atoms. The molecule has 3 heteroatoms. The maximum absolute atomic E-state index is 13.7. The first-order valence-corrected chi connectivity index (χ1v) is 6.70. The monoisotopic (exact) mass is 264 g/mol. The summed E-state index contributed by atoms with van der Waals surface area (Å²) in [6.07, 6.45) is 3.54. The topological polar surface area (TPSA) is 28.1 Å². The van der Waals surface area contributed by atoms with Crippen LogP contribution in [0.1, 0.15) is 11.1 Å². The fraction of sp³-hybridized carbons (Fsp3) is 0.118. The van der Waals surface area contributed by atoms with Crippen molar-refractivity contribution in [3.8, 4) is 0 Å². The summed E-state index contributed by atoms with van der Waals surface area (Å²) in [5.74, 6) is -0.203. The molecule has 3 aromatic rings. The standard InChI is InChI=1S/C17H13FN2/c18-15-6-3-5-14-12(10-19-17(14)15)9-13-8-11-4-1-2-7-16(11)20-13/h1-7,10,19H,8-9H2. The van der Waals surface area contributed by atoms with E-state index in [9.17, 15) is 4.39 Å². The molecule has 4 rings (SSSR count). The zero-order valence-electron chi connectivity index (χ0n) is 10.9. The molecule has 0 saturated carbocycles. The zero-order chi connectivity index (χ0) is 13.5. The Morgan fingerprint density at radius 1 is 1.10 bits per heavy atom. The molecule has 1 aromatic heterocycles. The third-order valence-corrected chi connectivity index (χ3v) is 3.81. The number of aliphatic imine (C=N–C) groups is 1. The van der Waals surface area contributed by atoms with Crippen LogP contribution in [0.25, 0.3) is 10.9 Å². The average molecular weight is 264 g/mol. The Balaban J connectivity index is 1.69. The van der Waals surface area contributed by atoms with Gasteiger partial charge in [0.05, 0.1) is 11.2 Å². The van der Waals surface area contributed by atoms with Gasteiger partial charge in [-0.3, -0.25) is 4.99 Å². The lowest BCUT2D eigenvalue weighted by atomic mass is 10.0. The van der Waals surface area contributed by atoms with Crippen molar-refractivity contribution in [3.63, 3.8) is 0 Å². The van der Waals surface area contributed by atoms with Crippen molar-refractivity contribution < 1.29 is 4.39 Å². The minimum Gasteiger partial charge on any atom is -0.359 e. The highest BCUT2D eigenvalue weighted by Gasteiger charge is 2.16. The number of H-pyrrole nitrogens is 1. The van der Waals surface area contributed by atoms with Crippen molar-refractivity contribution in [2.24, 2.45) is 4.99 Å². The second-order valence-corrected chi connectivity index (χ2v) is 5.14. The summed E-state index contributed by atoms with van der Waals surface area (Å²) in [6.45, 7) is 0. The van der Waals surface area contributed by atoms with Gasteiger partial charge in [-0.25, -0.2) is 4.39 Å². The average Bonchev–Trinajstić information content (AvgIpc) is 3.04. The fourth-order valence-electron chi connectivity index (χ4n) is 2.84. The maximum atomic E-state index is 13.7. The van der Waals surface area contributed by atoms with Gasteiger partial charge >= 0.3 is 0 Å². The molecule has 0 aliphatic carbocycles. The van der Waals surface area contributed by atoms with Gasteiger partial charge in [0.2, 0.25) is 0 Å². The first-order valence-electron chi connectivity index (χ1n) is 6.70. The number of benzene rings is 2. The lowest BCUT2D eigenvalue weighted by Gasteiger charge is -1.99. The van der Waals surface area contributed by atoms with Crippen molar-refractivity contribution in [2.75, 3.05) is 0 Å². The van der Waals surface area contributed by atoms with Gasteiger partial charge in [-0.1, -0.05) is 30.3 Å². The molecule has 98 valence electrons. The van der Waals surface area contributed by atoms with Crippen LogP contribution >= 0.6 is 0 Å². The summed E-state index contributed by atoms with van der Waals surface area (Å²) in [5.41, 5.74) is 5.16. The summed E-state index contributed by atoms with van der Waals surface area (Å²) >= 11 is 0. The molecule has 0 unspecified atom stereocenters. The second kappa shape index (κ2) is 4.30. The van der Waals surface area contributed by atoms with Crippen LogP contribution in [0.2, 0.25) is 0 Å². The number of halogens is 1. The fourth-order valence-corrected chi connectivity index (χ4v) is 2.84. The first kappa shape index (κ1) is 11.4. The number of aromatic nitrogens is 1. The van der Waals surface area contributed by atoms with E-state index >= 15 is 0 Å². The van der Waals surface area contributed by atoms with Gasteiger partial charge in [0.1, 0.15) is 5.82 Å². The lowest BCUT2D eigenvalue weighted by Crippen LogP contribution is -2.02. The number of hydrogen-bond acceptors (Lipinski definition) is 1. The molecular weight excluding hydrogens is 251 g/mol. The molecule has 1 N–H and O–H groups in total. The van der Waals surface area contributed by atoms with Crippen molar-refractivity contribution in [2.45, 2.75) is 12.8 Å². The largest absolute Gasteiger partial charge is 0.359 e. The molecule has 0 bridgehead atoms. The predicted octanol–water partition coefficient (Wildman–Crippen LogP) is 4.18. The second-order valence-electron chi connectivity index (χ2n) is 5.14. The highest BCUT2D eigenvalue weighted by atomic mass is 19.1. The summed E-state index contributed by atoms with van der Waals surface area (Å²) in [6, 6.07) is 13.4. The van der Waals surface area contributed by atoms with Gasteiger partial charge in [0.25, 0.3) is 0 Å². The molecule has 0 atom stereocenters. The van der Waals surface area contributed by atoms with Crippen LogP contribution in [0.3, 0.4) is 0 Å². The number of nitrogens with zero attached hydrogens (tertiary/aromatic N) is 1. The predicted molar refractivity (Wildman–Crippen MR) is 79.2 cm³/mol. The first-order chi connectivity index (χ1) is 9.81. The van der Waals surface area contributed by atoms with E-state index in [1.54, 1.807) is 6.07 Å². The van der Waals surface area contributed by atoms with E-state index < -0.39 is 0 Å². The highest BCUT2D eigenvalue weighted by Crippen LogP contribution is 2.28. The van der Waals surface area contributed by atoms with Gasteiger partial charge in [0.15, 0.2) is 0 Å². The minimum atomic E-state index is -0.203. The van der Waals surface area contributed by atoms with Gasteiger partial charge in [-0.15, -0.1) is 0 Å². The Labute approximate surface area is 116 Å². The molecular formula is C17H13FN2. The lowest BCUT2D eigenvalue weighted by molar-refractivity contribution is 0.637. The molecule has 2 aromatic carbocycles. The number of rotatable bonds is 2. The third kappa shape index (κ3) is 1.74. The van der Waals surface area contributed by atoms with Gasteiger partial charge < -0.3 is 4.98 Å². The van der Waals surface area contributed by atoms with E-state index in [0.29, 0.717) is 5.52 Å². The number of hydrogen-bond donors (Lipinski definition) is 1. The van der Waals surface area contributed by atoms with Crippen LogP contribution in [-0.4, -0.2) is 10.7 Å². The summed E-state index contributed by atoms with van der Waals surface area (Å²) in [5, 5.41) is 0.948. The number of para-hydroxylation sites is 2. The molecule has 1 aliphatic rings. The Kier molecular flexibility index (Phi) is 2.46. The van der Waals surface area contributed by atoms with Crippen LogP contribution in [0.4, 0.5) is 10.1 Å². The van der Waals surface area contributed by atoms with E-state index in [-0.39, 0.29) is 5.82 Å². The van der Waals surface area contributed by atoms with E-state index in [1.807, 2.05) is 30.5 Å². The highest BCUT2D eigenvalue weighted by molar-refractivity contribution is 5.98. The Bertz CT molecular complexity index is 830. The van der Waals surface area contributed by atoms with Crippen LogP contribution in [0, 0.1) is 5.82 Å². The summed E-state index contributed by atoms with van der Waals surface area (Å²) in [7, 11) is 0. The van der Waals surface area contributed by atoms with Crippen LogP contribution in [-0.2, 0) is 12.8 Å². The van der Waals surface area contributed by atoms with Gasteiger partial charge in [-0.05, 0) is 23.3 Å². The minimum absolute atomic E-state index is 0.203. The van der Waals surface area contributed by atoms with Crippen LogP contribution in [0.15, 0.2) is 53.7 Å². The number of nitrogens with one attached hydrogen (secondary N) is 1. The molecule has 0 amide bonds. The van der Waals surface area contributed by atoms with E-state index in [0.717, 1.165) is 35.2 Å². The summed E-state index contributed by atoms with van der Waals surface area (Å²) < 4.78 is 13.7. The van der Waals surface area contributed by atoms with Crippen molar-refractivity contribution >= 4 is 22.3 Å².